The van der Waals surface area contributed by atoms with E-state index in [1.165, 1.54) is 12.8 Å². The van der Waals surface area contributed by atoms with E-state index in [0.29, 0.717) is 12.5 Å². The van der Waals surface area contributed by atoms with Gasteiger partial charge >= 0.3 is 12.1 Å². The van der Waals surface area contributed by atoms with Crippen LogP contribution in [0.5, 0.6) is 0 Å². The number of carboxylic acid groups (broad SMARTS) is 1. The summed E-state index contributed by atoms with van der Waals surface area (Å²) in [4.78, 5) is 36.5. The molecule has 1 unspecified atom stereocenters. The van der Waals surface area contributed by atoms with E-state index in [1.54, 1.807) is 0 Å². The predicted molar refractivity (Wildman–Crippen MR) is 133 cm³/mol. The first-order chi connectivity index (χ1) is 16.8. The van der Waals surface area contributed by atoms with Gasteiger partial charge < -0.3 is 20.5 Å². The third-order valence-electron chi connectivity index (χ3n) is 7.35. The number of benzene rings is 2. The molecule has 1 saturated carbocycles. The molecule has 0 bridgehead atoms. The number of rotatable bonds is 11. The Morgan fingerprint density at radius 2 is 1.63 bits per heavy atom. The second kappa shape index (κ2) is 10.5. The van der Waals surface area contributed by atoms with Gasteiger partial charge in [-0.1, -0.05) is 62.4 Å². The number of fused-ring (bicyclic) bond motifs is 3. The standard InChI is InChI=1S/C28H34N2O5/c1-28(2,18-11-12-18)15-16-29-26(33)24(13-14-25(31)32)30-27(34)35-17-23-21-9-5-3-7-19(21)20-8-4-6-10-22(20)23/h3-10,18,23-24H,11-17H2,1-2H3,(H,29,33)(H,30,34)(H,31,32). The minimum atomic E-state index is -1.02. The lowest BCUT2D eigenvalue weighted by Gasteiger charge is -2.25. The first kappa shape index (κ1) is 24.8. The van der Waals surface area contributed by atoms with Gasteiger partial charge in [0.1, 0.15) is 12.6 Å². The lowest BCUT2D eigenvalue weighted by Crippen LogP contribution is -2.48. The first-order valence-electron chi connectivity index (χ1n) is 12.4. The number of alkyl carbamates (subject to hydrolysis) is 1. The zero-order valence-corrected chi connectivity index (χ0v) is 20.4. The molecule has 0 radical (unpaired) electrons. The molecule has 2 aliphatic rings. The lowest BCUT2D eigenvalue weighted by molar-refractivity contribution is -0.137. The van der Waals surface area contributed by atoms with Crippen LogP contribution in [0.25, 0.3) is 11.1 Å². The van der Waals surface area contributed by atoms with Crippen molar-refractivity contribution in [3.05, 3.63) is 59.7 Å². The summed E-state index contributed by atoms with van der Waals surface area (Å²) in [6.07, 6.45) is 2.33. The van der Waals surface area contributed by atoms with Crippen LogP contribution in [0.3, 0.4) is 0 Å². The van der Waals surface area contributed by atoms with E-state index < -0.39 is 18.1 Å². The van der Waals surface area contributed by atoms with E-state index in [1.807, 2.05) is 36.4 Å². The van der Waals surface area contributed by atoms with Gasteiger partial charge in [-0.25, -0.2) is 4.79 Å². The van der Waals surface area contributed by atoms with Gasteiger partial charge in [0.05, 0.1) is 0 Å². The van der Waals surface area contributed by atoms with Gasteiger partial charge in [-0.05, 0) is 59.3 Å². The molecule has 0 heterocycles. The molecule has 35 heavy (non-hydrogen) atoms. The summed E-state index contributed by atoms with van der Waals surface area (Å²) >= 11 is 0. The number of amides is 2. The molecule has 1 atom stereocenters. The van der Waals surface area contributed by atoms with Crippen LogP contribution in [-0.4, -0.2) is 42.3 Å². The number of ether oxygens (including phenoxy) is 1. The topological polar surface area (TPSA) is 105 Å². The molecule has 0 aliphatic heterocycles. The van der Waals surface area contributed by atoms with E-state index in [4.69, 9.17) is 9.84 Å². The zero-order chi connectivity index (χ0) is 25.0. The van der Waals surface area contributed by atoms with Crippen LogP contribution in [0.4, 0.5) is 4.79 Å². The molecule has 2 aliphatic carbocycles. The van der Waals surface area contributed by atoms with Crippen molar-refractivity contribution < 1.29 is 24.2 Å². The van der Waals surface area contributed by atoms with E-state index >= 15 is 0 Å². The monoisotopic (exact) mass is 478 g/mol. The third kappa shape index (κ3) is 6.02. The molecule has 0 spiro atoms. The fourth-order valence-corrected chi connectivity index (χ4v) is 5.02. The molecule has 2 aromatic rings. The maximum atomic E-state index is 12.8. The van der Waals surface area contributed by atoms with Crippen LogP contribution in [0, 0.1) is 11.3 Å². The SMILES string of the molecule is CC(C)(CCNC(=O)C(CCC(=O)O)NC(=O)OCC1c2ccccc2-c2ccccc21)C1CC1. The molecular formula is C28H34N2O5. The summed E-state index contributed by atoms with van der Waals surface area (Å²) in [5, 5.41) is 14.5. The number of aliphatic carboxylic acids is 1. The second-order valence-electron chi connectivity index (χ2n) is 10.3. The Bertz CT molecular complexity index is 1050. The van der Waals surface area contributed by atoms with Crippen molar-refractivity contribution in [1.29, 1.82) is 0 Å². The summed E-state index contributed by atoms with van der Waals surface area (Å²) < 4.78 is 5.55. The van der Waals surface area contributed by atoms with Crippen molar-refractivity contribution in [3.8, 4) is 11.1 Å². The quantitative estimate of drug-likeness (QED) is 0.434. The summed E-state index contributed by atoms with van der Waals surface area (Å²) in [5.41, 5.74) is 4.61. The molecule has 7 nitrogen and oxygen atoms in total. The average molecular weight is 479 g/mol. The Labute approximate surface area is 206 Å². The highest BCUT2D eigenvalue weighted by Gasteiger charge is 2.37. The van der Waals surface area contributed by atoms with E-state index in [-0.39, 0.29) is 36.7 Å². The smallest absolute Gasteiger partial charge is 0.407 e. The van der Waals surface area contributed by atoms with Crippen molar-refractivity contribution in [2.45, 2.75) is 57.9 Å². The maximum Gasteiger partial charge on any atom is 0.407 e. The van der Waals surface area contributed by atoms with Gasteiger partial charge in [0, 0.05) is 18.9 Å². The zero-order valence-electron chi connectivity index (χ0n) is 20.4. The Kier molecular flexibility index (Phi) is 7.43. The molecular weight excluding hydrogens is 444 g/mol. The number of hydrogen-bond donors (Lipinski definition) is 3. The van der Waals surface area contributed by atoms with Crippen LogP contribution in [0.1, 0.15) is 63.0 Å². The van der Waals surface area contributed by atoms with Gasteiger partial charge in [0.25, 0.3) is 0 Å². The predicted octanol–water partition coefficient (Wildman–Crippen LogP) is 4.70. The molecule has 0 aromatic heterocycles. The van der Waals surface area contributed by atoms with Crippen molar-refractivity contribution in [2.24, 2.45) is 11.3 Å². The van der Waals surface area contributed by atoms with Crippen LogP contribution in [0.15, 0.2) is 48.5 Å². The average Bonchev–Trinajstić information content (AvgIpc) is 3.64. The minimum absolute atomic E-state index is 0.00260. The van der Waals surface area contributed by atoms with Crippen molar-refractivity contribution >= 4 is 18.0 Å². The van der Waals surface area contributed by atoms with Crippen LogP contribution >= 0.6 is 0 Å². The van der Waals surface area contributed by atoms with Gasteiger partial charge in [-0.2, -0.15) is 0 Å². The van der Waals surface area contributed by atoms with Crippen molar-refractivity contribution in [2.75, 3.05) is 13.2 Å². The Morgan fingerprint density at radius 1 is 1.03 bits per heavy atom. The summed E-state index contributed by atoms with van der Waals surface area (Å²) in [6, 6.07) is 15.1. The van der Waals surface area contributed by atoms with Crippen LogP contribution in [-0.2, 0) is 14.3 Å². The van der Waals surface area contributed by atoms with Crippen molar-refractivity contribution in [1.82, 2.24) is 10.6 Å². The molecule has 4 rings (SSSR count). The normalized spacial score (nSPS) is 15.6. The molecule has 2 aromatic carbocycles. The van der Waals surface area contributed by atoms with Gasteiger partial charge in [-0.15, -0.1) is 0 Å². The van der Waals surface area contributed by atoms with E-state index in [2.05, 4.69) is 36.6 Å². The number of carbonyl (C=O) groups excluding carboxylic acids is 2. The molecule has 3 N–H and O–H groups in total. The van der Waals surface area contributed by atoms with Crippen molar-refractivity contribution in [3.63, 3.8) is 0 Å². The molecule has 0 saturated heterocycles. The van der Waals surface area contributed by atoms with E-state index in [0.717, 1.165) is 28.7 Å². The highest BCUT2D eigenvalue weighted by Crippen LogP contribution is 2.47. The van der Waals surface area contributed by atoms with Gasteiger partial charge in [0.15, 0.2) is 0 Å². The first-order valence-corrected chi connectivity index (χ1v) is 12.4. The minimum Gasteiger partial charge on any atom is -0.481 e. The summed E-state index contributed by atoms with van der Waals surface area (Å²) in [7, 11) is 0. The van der Waals surface area contributed by atoms with Gasteiger partial charge in [0.2, 0.25) is 5.91 Å². The van der Waals surface area contributed by atoms with E-state index in [9.17, 15) is 14.4 Å². The highest BCUT2D eigenvalue weighted by atomic mass is 16.5. The number of hydrogen-bond acceptors (Lipinski definition) is 4. The van der Waals surface area contributed by atoms with Gasteiger partial charge in [-0.3, -0.25) is 9.59 Å². The summed E-state index contributed by atoms with van der Waals surface area (Å²) in [6.45, 7) is 5.02. The molecule has 1 fully saturated rings. The fraction of sp³-hybridized carbons (Fsp3) is 0.464. The number of carboxylic acids is 1. The Morgan fingerprint density at radius 3 is 2.20 bits per heavy atom. The maximum absolute atomic E-state index is 12.8. The molecule has 186 valence electrons. The fourth-order valence-electron chi connectivity index (χ4n) is 5.02. The second-order valence-corrected chi connectivity index (χ2v) is 10.3. The van der Waals surface area contributed by atoms with Crippen LogP contribution in [0.2, 0.25) is 0 Å². The number of carbonyl (C=O) groups is 3. The largest absolute Gasteiger partial charge is 0.481 e. The third-order valence-corrected chi connectivity index (χ3v) is 7.35. The summed E-state index contributed by atoms with van der Waals surface area (Å²) in [5.74, 6) is -0.802. The lowest BCUT2D eigenvalue weighted by atomic mass is 9.84. The Balaban J connectivity index is 1.34. The van der Waals surface area contributed by atoms with Crippen LogP contribution < -0.4 is 10.6 Å². The number of nitrogens with one attached hydrogen (secondary N) is 2. The molecule has 7 heteroatoms. The molecule has 2 amide bonds. The highest BCUT2D eigenvalue weighted by molar-refractivity contribution is 5.86. The Hall–Kier alpha value is -3.35.